The molecule has 0 fully saturated rings. The fourth-order valence-electron chi connectivity index (χ4n) is 1.45. The highest BCUT2D eigenvalue weighted by atomic mass is 16.5. The zero-order valence-electron chi connectivity index (χ0n) is 9.55. The summed E-state index contributed by atoms with van der Waals surface area (Å²) < 4.78 is 5.14. The van der Waals surface area contributed by atoms with E-state index in [1.165, 1.54) is 19.3 Å². The minimum atomic E-state index is 0.729. The van der Waals surface area contributed by atoms with Crippen molar-refractivity contribution < 1.29 is 4.74 Å². The van der Waals surface area contributed by atoms with Gasteiger partial charge in [0.15, 0.2) is 0 Å². The topological polar surface area (TPSA) is 47.3 Å². The van der Waals surface area contributed by atoms with Crippen LogP contribution in [-0.2, 0) is 0 Å². The number of benzene rings is 1. The van der Waals surface area contributed by atoms with Crippen LogP contribution in [0.4, 0.5) is 11.4 Å². The molecule has 84 valence electrons. The lowest BCUT2D eigenvalue weighted by Gasteiger charge is -2.09. The lowest BCUT2D eigenvalue weighted by Crippen LogP contribution is -2.02. The van der Waals surface area contributed by atoms with Crippen molar-refractivity contribution in [2.45, 2.75) is 26.2 Å². The zero-order valence-corrected chi connectivity index (χ0v) is 9.55. The van der Waals surface area contributed by atoms with Crippen LogP contribution in [0.5, 0.6) is 5.75 Å². The number of unbranched alkanes of at least 4 members (excludes halogenated alkanes) is 2. The van der Waals surface area contributed by atoms with Gasteiger partial charge in [-0.05, 0) is 12.5 Å². The summed E-state index contributed by atoms with van der Waals surface area (Å²) in [5, 5.41) is 3.34. The Hall–Kier alpha value is -1.38. The molecule has 1 aromatic rings. The molecule has 3 nitrogen and oxygen atoms in total. The van der Waals surface area contributed by atoms with Crippen LogP contribution in [0.15, 0.2) is 18.2 Å². The maximum Gasteiger partial charge on any atom is 0.122 e. The first-order chi connectivity index (χ1) is 7.26. The maximum atomic E-state index is 5.75. The fraction of sp³-hybridized carbons (Fsp3) is 0.500. The van der Waals surface area contributed by atoms with Crippen LogP contribution in [0.1, 0.15) is 26.2 Å². The molecule has 0 saturated carbocycles. The molecule has 0 radical (unpaired) electrons. The average molecular weight is 208 g/mol. The highest BCUT2D eigenvalue weighted by molar-refractivity contribution is 5.59. The van der Waals surface area contributed by atoms with Crippen LogP contribution < -0.4 is 15.8 Å². The molecule has 0 bridgehead atoms. The molecule has 3 heteroatoms. The van der Waals surface area contributed by atoms with Crippen LogP contribution in [0.3, 0.4) is 0 Å². The third kappa shape index (κ3) is 4.11. The number of hydrogen-bond acceptors (Lipinski definition) is 3. The lowest BCUT2D eigenvalue weighted by atomic mass is 10.2. The molecule has 1 rings (SSSR count). The van der Waals surface area contributed by atoms with E-state index in [1.807, 2.05) is 18.2 Å². The van der Waals surface area contributed by atoms with Gasteiger partial charge in [-0.25, -0.2) is 0 Å². The molecular weight excluding hydrogens is 188 g/mol. The monoisotopic (exact) mass is 208 g/mol. The average Bonchev–Trinajstić information content (AvgIpc) is 2.23. The fourth-order valence-corrected chi connectivity index (χ4v) is 1.45. The summed E-state index contributed by atoms with van der Waals surface area (Å²) in [4.78, 5) is 0. The Balaban J connectivity index is 2.49. The molecule has 3 N–H and O–H groups in total. The Bertz CT molecular complexity index is 300. The Kier molecular flexibility index (Phi) is 4.81. The SMILES string of the molecule is CCCCCNc1cc(N)cc(OC)c1. The second kappa shape index (κ2) is 6.17. The van der Waals surface area contributed by atoms with E-state index >= 15 is 0 Å². The van der Waals surface area contributed by atoms with Crippen molar-refractivity contribution in [2.24, 2.45) is 0 Å². The van der Waals surface area contributed by atoms with Crippen LogP contribution in [-0.4, -0.2) is 13.7 Å². The summed E-state index contributed by atoms with van der Waals surface area (Å²) in [7, 11) is 1.65. The third-order valence-corrected chi connectivity index (χ3v) is 2.27. The molecule has 1 aromatic carbocycles. The lowest BCUT2D eigenvalue weighted by molar-refractivity contribution is 0.415. The summed E-state index contributed by atoms with van der Waals surface area (Å²) in [5.41, 5.74) is 7.50. The number of anilines is 2. The first-order valence-corrected chi connectivity index (χ1v) is 5.44. The standard InChI is InChI=1S/C12H20N2O/c1-3-4-5-6-14-11-7-10(13)8-12(9-11)15-2/h7-9,14H,3-6,13H2,1-2H3. The minimum absolute atomic E-state index is 0.729. The summed E-state index contributed by atoms with van der Waals surface area (Å²) in [6, 6.07) is 5.70. The first-order valence-electron chi connectivity index (χ1n) is 5.44. The van der Waals surface area contributed by atoms with Crippen LogP contribution in [0.25, 0.3) is 0 Å². The van der Waals surface area contributed by atoms with E-state index in [2.05, 4.69) is 12.2 Å². The van der Waals surface area contributed by atoms with Gasteiger partial charge in [-0.1, -0.05) is 19.8 Å². The molecular formula is C12H20N2O. The van der Waals surface area contributed by atoms with E-state index in [1.54, 1.807) is 7.11 Å². The van der Waals surface area contributed by atoms with Gasteiger partial charge in [0.05, 0.1) is 7.11 Å². The van der Waals surface area contributed by atoms with Gasteiger partial charge in [-0.2, -0.15) is 0 Å². The Labute approximate surface area is 91.6 Å². The molecule has 0 atom stereocenters. The highest BCUT2D eigenvalue weighted by Crippen LogP contribution is 2.22. The predicted molar refractivity (Wildman–Crippen MR) is 65.4 cm³/mol. The Morgan fingerprint density at radius 1 is 1.27 bits per heavy atom. The number of ether oxygens (including phenoxy) is 1. The van der Waals surface area contributed by atoms with Crippen molar-refractivity contribution in [3.8, 4) is 5.75 Å². The molecule has 0 heterocycles. The van der Waals surface area contributed by atoms with Gasteiger partial charge in [-0.15, -0.1) is 0 Å². The van der Waals surface area contributed by atoms with Gasteiger partial charge in [0.1, 0.15) is 5.75 Å². The van der Waals surface area contributed by atoms with E-state index < -0.39 is 0 Å². The molecule has 0 amide bonds. The summed E-state index contributed by atoms with van der Waals surface area (Å²) >= 11 is 0. The Morgan fingerprint density at radius 3 is 2.73 bits per heavy atom. The van der Waals surface area contributed by atoms with Gasteiger partial charge < -0.3 is 15.8 Å². The van der Waals surface area contributed by atoms with Gasteiger partial charge in [0, 0.05) is 30.1 Å². The summed E-state index contributed by atoms with van der Waals surface area (Å²) in [6.45, 7) is 3.18. The minimum Gasteiger partial charge on any atom is -0.497 e. The number of nitrogens with two attached hydrogens (primary N) is 1. The van der Waals surface area contributed by atoms with Crippen LogP contribution >= 0.6 is 0 Å². The maximum absolute atomic E-state index is 5.75. The van der Waals surface area contributed by atoms with Gasteiger partial charge in [0.25, 0.3) is 0 Å². The van der Waals surface area contributed by atoms with Crippen molar-refractivity contribution in [1.29, 1.82) is 0 Å². The van der Waals surface area contributed by atoms with Gasteiger partial charge >= 0.3 is 0 Å². The number of nitrogens with one attached hydrogen (secondary N) is 1. The summed E-state index contributed by atoms with van der Waals surface area (Å²) in [5.74, 6) is 0.799. The zero-order chi connectivity index (χ0) is 11.1. The Morgan fingerprint density at radius 2 is 2.07 bits per heavy atom. The molecule has 0 aliphatic rings. The van der Waals surface area contributed by atoms with E-state index in [0.717, 1.165) is 23.7 Å². The largest absolute Gasteiger partial charge is 0.497 e. The van der Waals surface area contributed by atoms with Crippen LogP contribution in [0, 0.1) is 0 Å². The van der Waals surface area contributed by atoms with E-state index in [-0.39, 0.29) is 0 Å². The van der Waals surface area contributed by atoms with Crippen molar-refractivity contribution >= 4 is 11.4 Å². The van der Waals surface area contributed by atoms with Crippen LogP contribution in [0.2, 0.25) is 0 Å². The van der Waals surface area contributed by atoms with E-state index in [0.29, 0.717) is 0 Å². The van der Waals surface area contributed by atoms with Crippen molar-refractivity contribution in [3.05, 3.63) is 18.2 Å². The molecule has 0 aliphatic heterocycles. The molecule has 0 unspecified atom stereocenters. The molecule has 15 heavy (non-hydrogen) atoms. The highest BCUT2D eigenvalue weighted by Gasteiger charge is 1.98. The quantitative estimate of drug-likeness (QED) is 0.558. The van der Waals surface area contributed by atoms with E-state index in [4.69, 9.17) is 10.5 Å². The second-order valence-corrected chi connectivity index (χ2v) is 3.63. The van der Waals surface area contributed by atoms with E-state index in [9.17, 15) is 0 Å². The number of methoxy groups -OCH3 is 1. The third-order valence-electron chi connectivity index (χ3n) is 2.27. The number of hydrogen-bond donors (Lipinski definition) is 2. The molecule has 0 saturated heterocycles. The molecule has 0 spiro atoms. The van der Waals surface area contributed by atoms with Crippen molar-refractivity contribution in [3.63, 3.8) is 0 Å². The number of rotatable bonds is 6. The second-order valence-electron chi connectivity index (χ2n) is 3.63. The van der Waals surface area contributed by atoms with Gasteiger partial charge in [0.2, 0.25) is 0 Å². The summed E-state index contributed by atoms with van der Waals surface area (Å²) in [6.07, 6.45) is 3.68. The predicted octanol–water partition coefficient (Wildman–Crippen LogP) is 2.88. The molecule has 0 aliphatic carbocycles. The van der Waals surface area contributed by atoms with Gasteiger partial charge in [-0.3, -0.25) is 0 Å². The van der Waals surface area contributed by atoms with Crippen molar-refractivity contribution in [1.82, 2.24) is 0 Å². The van der Waals surface area contributed by atoms with Crippen molar-refractivity contribution in [2.75, 3.05) is 24.7 Å². The molecule has 0 aromatic heterocycles. The normalized spacial score (nSPS) is 10.0. The first kappa shape index (κ1) is 11.7. The smallest absolute Gasteiger partial charge is 0.122 e. The number of nitrogen functional groups attached to an aromatic ring is 1.